The van der Waals surface area contributed by atoms with Gasteiger partial charge in [0.15, 0.2) is 17.6 Å². The van der Waals surface area contributed by atoms with Gasteiger partial charge < -0.3 is 18.8 Å². The Morgan fingerprint density at radius 1 is 1.16 bits per heavy atom. The first-order valence-corrected chi connectivity index (χ1v) is 10.7. The molecule has 1 aliphatic heterocycles. The molecule has 0 saturated carbocycles. The van der Waals surface area contributed by atoms with Gasteiger partial charge in [-0.15, -0.1) is 0 Å². The Hall–Kier alpha value is -3.35. The third-order valence-electron chi connectivity index (χ3n) is 5.22. The molecular weight excluding hydrogens is 396 g/mol. The third kappa shape index (κ3) is 4.87. The van der Waals surface area contributed by atoms with Crippen LogP contribution in [0.3, 0.4) is 0 Å². The summed E-state index contributed by atoms with van der Waals surface area (Å²) < 4.78 is 18.5. The van der Waals surface area contributed by atoms with Crippen LogP contribution in [0, 0.1) is 0 Å². The molecule has 2 aromatic carbocycles. The highest BCUT2D eigenvalue weighted by molar-refractivity contribution is 5.75. The minimum absolute atomic E-state index is 0.0819. The molecule has 4 rings (SSSR count). The molecular formula is C24H26N2O5. The van der Waals surface area contributed by atoms with Crippen LogP contribution in [0.4, 0.5) is 0 Å². The lowest BCUT2D eigenvalue weighted by molar-refractivity contribution is -0.146. The van der Waals surface area contributed by atoms with Crippen LogP contribution in [0.5, 0.6) is 11.5 Å². The van der Waals surface area contributed by atoms with Crippen LogP contribution >= 0.6 is 0 Å². The van der Waals surface area contributed by atoms with Crippen molar-refractivity contribution in [3.8, 4) is 11.5 Å². The largest absolute Gasteiger partial charge is 0.486 e. The molecule has 0 fully saturated rings. The van der Waals surface area contributed by atoms with Gasteiger partial charge in [-0.1, -0.05) is 37.6 Å². The molecule has 3 aromatic rings. The molecule has 162 valence electrons. The molecule has 0 radical (unpaired) electrons. The predicted molar refractivity (Wildman–Crippen MR) is 117 cm³/mol. The minimum Gasteiger partial charge on any atom is -0.486 e. The number of hydrogen-bond donors (Lipinski definition) is 0. The Labute approximate surface area is 180 Å². The van der Waals surface area contributed by atoms with E-state index in [9.17, 15) is 9.59 Å². The number of nitrogens with zero attached hydrogens (tertiary/aromatic N) is 2. The van der Waals surface area contributed by atoms with Gasteiger partial charge in [0.25, 0.3) is 5.56 Å². The maximum atomic E-state index is 12.9. The number of carbonyl (C=O) groups is 1. The van der Waals surface area contributed by atoms with Crippen LogP contribution < -0.4 is 15.0 Å². The fourth-order valence-corrected chi connectivity index (χ4v) is 3.57. The number of benzene rings is 2. The summed E-state index contributed by atoms with van der Waals surface area (Å²) in [5.74, 6) is 0.937. The second-order valence-electron chi connectivity index (χ2n) is 7.54. The topological polar surface area (TPSA) is 79.7 Å². The van der Waals surface area contributed by atoms with Crippen molar-refractivity contribution in [2.75, 3.05) is 13.2 Å². The highest BCUT2D eigenvalue weighted by atomic mass is 16.6. The smallest absolute Gasteiger partial charge is 0.306 e. The van der Waals surface area contributed by atoms with Gasteiger partial charge in [0.05, 0.1) is 17.5 Å². The molecule has 1 aliphatic rings. The zero-order valence-electron chi connectivity index (χ0n) is 17.6. The summed E-state index contributed by atoms with van der Waals surface area (Å²) in [5.41, 5.74) is 1.83. The van der Waals surface area contributed by atoms with Crippen molar-refractivity contribution in [2.45, 2.75) is 45.3 Å². The molecule has 0 aliphatic carbocycles. The first-order valence-electron chi connectivity index (χ1n) is 10.7. The van der Waals surface area contributed by atoms with E-state index in [2.05, 4.69) is 11.9 Å². The average molecular weight is 422 g/mol. The number of esters is 1. The molecule has 0 saturated heterocycles. The zero-order chi connectivity index (χ0) is 21.6. The maximum Gasteiger partial charge on any atom is 0.306 e. The first-order chi connectivity index (χ1) is 15.2. The van der Waals surface area contributed by atoms with Crippen LogP contribution in [0.1, 0.15) is 31.9 Å². The third-order valence-corrected chi connectivity index (χ3v) is 5.22. The van der Waals surface area contributed by atoms with E-state index in [1.807, 2.05) is 48.5 Å². The van der Waals surface area contributed by atoms with Crippen LogP contribution in [0.25, 0.3) is 11.0 Å². The predicted octanol–water partition coefficient (Wildman–Crippen LogP) is 3.51. The van der Waals surface area contributed by atoms with E-state index in [-0.39, 0.29) is 31.1 Å². The molecule has 1 atom stereocenters. The molecule has 0 spiro atoms. The van der Waals surface area contributed by atoms with Crippen molar-refractivity contribution < 1.29 is 19.0 Å². The van der Waals surface area contributed by atoms with Crippen molar-refractivity contribution in [3.63, 3.8) is 0 Å². The van der Waals surface area contributed by atoms with E-state index in [0.29, 0.717) is 30.3 Å². The first kappa shape index (κ1) is 20.9. The normalized spacial score (nSPS) is 15.1. The second-order valence-corrected chi connectivity index (χ2v) is 7.54. The van der Waals surface area contributed by atoms with Gasteiger partial charge in [0.2, 0.25) is 0 Å². The molecule has 0 bridgehead atoms. The summed E-state index contributed by atoms with van der Waals surface area (Å²) >= 11 is 0. The Morgan fingerprint density at radius 3 is 2.77 bits per heavy atom. The summed E-state index contributed by atoms with van der Waals surface area (Å²) in [6.45, 7) is 3.14. The molecule has 0 N–H and O–H groups in total. The number of para-hydroxylation sites is 4. The van der Waals surface area contributed by atoms with E-state index in [0.717, 1.165) is 23.9 Å². The number of hydrogen-bond acceptors (Lipinski definition) is 6. The Balaban J connectivity index is 1.37. The molecule has 7 nitrogen and oxygen atoms in total. The second kappa shape index (κ2) is 9.64. The summed E-state index contributed by atoms with van der Waals surface area (Å²) in [7, 11) is 0. The Morgan fingerprint density at radius 2 is 1.94 bits per heavy atom. The van der Waals surface area contributed by atoms with Crippen molar-refractivity contribution in [1.29, 1.82) is 0 Å². The van der Waals surface area contributed by atoms with E-state index >= 15 is 0 Å². The summed E-state index contributed by atoms with van der Waals surface area (Å²) in [5, 5.41) is 0. The van der Waals surface area contributed by atoms with Crippen molar-refractivity contribution in [3.05, 3.63) is 64.6 Å². The summed E-state index contributed by atoms with van der Waals surface area (Å²) in [6.07, 6.45) is 1.85. The maximum absolute atomic E-state index is 12.9. The Bertz CT molecular complexity index is 1120. The van der Waals surface area contributed by atoms with E-state index < -0.39 is 5.97 Å². The Kier molecular flexibility index (Phi) is 6.50. The highest BCUT2D eigenvalue weighted by Crippen LogP contribution is 2.30. The van der Waals surface area contributed by atoms with Gasteiger partial charge in [-0.3, -0.25) is 9.59 Å². The quantitative estimate of drug-likeness (QED) is 0.517. The van der Waals surface area contributed by atoms with Crippen LogP contribution in [0.15, 0.2) is 53.3 Å². The number of fused-ring (bicyclic) bond motifs is 2. The van der Waals surface area contributed by atoms with Gasteiger partial charge in [0, 0.05) is 13.0 Å². The van der Waals surface area contributed by atoms with Crippen LogP contribution in [-0.4, -0.2) is 34.8 Å². The van der Waals surface area contributed by atoms with Gasteiger partial charge in [-0.2, -0.15) is 0 Å². The molecule has 1 aromatic heterocycles. The monoisotopic (exact) mass is 422 g/mol. The lowest BCUT2D eigenvalue weighted by Crippen LogP contribution is -2.34. The minimum atomic E-state index is -0.392. The highest BCUT2D eigenvalue weighted by Gasteiger charge is 2.22. The number of aromatic nitrogens is 2. The lowest BCUT2D eigenvalue weighted by atomic mass is 10.2. The zero-order valence-corrected chi connectivity index (χ0v) is 17.6. The molecule has 0 unspecified atom stereocenters. The standard InChI is InChI=1S/C24H26N2O5/c1-2-3-14-26-20-9-5-4-8-18(20)25-19(24(26)28)12-13-23(27)30-16-17-15-29-21-10-6-7-11-22(21)31-17/h4-11,17H,2-3,12-16H2,1H3/t17-/m0/s1. The number of aryl methyl sites for hydroxylation is 2. The van der Waals surface area contributed by atoms with Gasteiger partial charge in [-0.05, 0) is 30.7 Å². The van der Waals surface area contributed by atoms with E-state index in [1.165, 1.54) is 0 Å². The van der Waals surface area contributed by atoms with Crippen molar-refractivity contribution >= 4 is 17.0 Å². The molecule has 31 heavy (non-hydrogen) atoms. The fourth-order valence-electron chi connectivity index (χ4n) is 3.57. The summed E-state index contributed by atoms with van der Waals surface area (Å²) in [4.78, 5) is 29.7. The number of carbonyl (C=O) groups excluding carboxylic acids is 1. The van der Waals surface area contributed by atoms with Gasteiger partial charge in [-0.25, -0.2) is 4.98 Å². The van der Waals surface area contributed by atoms with Gasteiger partial charge >= 0.3 is 5.97 Å². The fraction of sp³-hybridized carbons (Fsp3) is 0.375. The van der Waals surface area contributed by atoms with E-state index in [4.69, 9.17) is 14.2 Å². The molecule has 0 amide bonds. The molecule has 2 heterocycles. The number of rotatable bonds is 8. The SMILES string of the molecule is CCCCn1c(=O)c(CCC(=O)OC[C@@H]2COc3ccccc3O2)nc2ccccc21. The van der Waals surface area contributed by atoms with Crippen molar-refractivity contribution in [2.24, 2.45) is 0 Å². The van der Waals surface area contributed by atoms with E-state index in [1.54, 1.807) is 4.57 Å². The van der Waals surface area contributed by atoms with Crippen LogP contribution in [-0.2, 0) is 22.5 Å². The van der Waals surface area contributed by atoms with Gasteiger partial charge in [0.1, 0.15) is 18.9 Å². The number of ether oxygens (including phenoxy) is 3. The lowest BCUT2D eigenvalue weighted by Gasteiger charge is -2.26. The molecule has 7 heteroatoms. The average Bonchev–Trinajstić information content (AvgIpc) is 2.81. The summed E-state index contributed by atoms with van der Waals surface area (Å²) in [6, 6.07) is 15.0. The van der Waals surface area contributed by atoms with Crippen molar-refractivity contribution in [1.82, 2.24) is 9.55 Å². The van der Waals surface area contributed by atoms with Crippen LogP contribution in [0.2, 0.25) is 0 Å². The number of unbranched alkanes of at least 4 members (excludes halogenated alkanes) is 1.